The van der Waals surface area contributed by atoms with Crippen molar-refractivity contribution in [2.45, 2.75) is 71.4 Å². The fourth-order valence-corrected chi connectivity index (χ4v) is 5.11. The number of ether oxygens (including phenoxy) is 1. The molecule has 3 heteroatoms. The first-order valence-corrected chi connectivity index (χ1v) is 7.74. The van der Waals surface area contributed by atoms with Crippen LogP contribution in [0.15, 0.2) is 0 Å². The normalized spacial score (nSPS) is 44.2. The minimum Gasteiger partial charge on any atom is -0.444 e. The number of nitrogens with one attached hydrogen (secondary N) is 1. The van der Waals surface area contributed by atoms with Gasteiger partial charge in [0.2, 0.25) is 0 Å². The van der Waals surface area contributed by atoms with Gasteiger partial charge in [0, 0.05) is 6.04 Å². The first-order chi connectivity index (χ1) is 8.74. The lowest BCUT2D eigenvalue weighted by Gasteiger charge is -2.59. The Morgan fingerprint density at radius 3 is 2.21 bits per heavy atom. The van der Waals surface area contributed by atoms with Gasteiger partial charge in [-0.2, -0.15) is 0 Å². The van der Waals surface area contributed by atoms with Crippen molar-refractivity contribution in [3.05, 3.63) is 0 Å². The summed E-state index contributed by atoms with van der Waals surface area (Å²) in [5.74, 6) is 2.28. The molecule has 4 aliphatic carbocycles. The zero-order chi connectivity index (χ0) is 13.8. The molecule has 2 atom stereocenters. The fourth-order valence-electron chi connectivity index (χ4n) is 5.11. The van der Waals surface area contributed by atoms with Crippen molar-refractivity contribution in [2.75, 3.05) is 0 Å². The number of amides is 1. The molecule has 4 aliphatic rings. The summed E-state index contributed by atoms with van der Waals surface area (Å²) >= 11 is 0. The summed E-state index contributed by atoms with van der Waals surface area (Å²) in [4.78, 5) is 12.0. The summed E-state index contributed by atoms with van der Waals surface area (Å²) in [5.41, 5.74) is 0.157. The van der Waals surface area contributed by atoms with Gasteiger partial charge in [0.25, 0.3) is 0 Å². The van der Waals surface area contributed by atoms with Gasteiger partial charge in [0.05, 0.1) is 0 Å². The number of carbonyl (C=O) groups is 1. The minimum absolute atomic E-state index is 0.227. The predicted octanol–water partition coefficient (Wildman–Crippen LogP) is 3.73. The Balaban J connectivity index is 1.65. The number of carbonyl (C=O) groups excluding carboxylic acids is 1. The van der Waals surface area contributed by atoms with Crippen molar-refractivity contribution in [1.82, 2.24) is 5.32 Å². The van der Waals surface area contributed by atoms with Gasteiger partial charge in [0.15, 0.2) is 0 Å². The van der Waals surface area contributed by atoms with Crippen LogP contribution in [0.2, 0.25) is 0 Å². The number of hydrogen-bond acceptors (Lipinski definition) is 2. The molecule has 0 saturated heterocycles. The maximum atomic E-state index is 12.0. The second-order valence-corrected chi connectivity index (χ2v) is 8.45. The third kappa shape index (κ3) is 2.61. The molecule has 1 N–H and O–H groups in total. The zero-order valence-corrected chi connectivity index (χ0v) is 12.7. The molecule has 108 valence electrons. The molecule has 4 saturated carbocycles. The molecule has 2 unspecified atom stereocenters. The van der Waals surface area contributed by atoms with Gasteiger partial charge in [-0.05, 0) is 76.0 Å². The zero-order valence-electron chi connectivity index (χ0n) is 12.7. The summed E-state index contributed by atoms with van der Waals surface area (Å²) in [7, 11) is 0. The number of alkyl carbamates (subject to hydrolysis) is 1. The standard InChI is InChI=1S/C16H27NO2/c1-15(2,3)19-14(18)17-13-11-5-10-6-12(13)9-16(4,7-10)8-11/h10-13H,5-9H2,1-4H3,(H,17,18). The molecule has 0 radical (unpaired) electrons. The van der Waals surface area contributed by atoms with Crippen LogP contribution < -0.4 is 5.32 Å². The SMILES string of the molecule is CC12CC3CC(C1)C(NC(=O)OC(C)(C)C)C(C3)C2. The van der Waals surface area contributed by atoms with Crippen LogP contribution in [0, 0.1) is 23.2 Å². The van der Waals surface area contributed by atoms with Gasteiger partial charge in [-0.3, -0.25) is 0 Å². The van der Waals surface area contributed by atoms with Crippen LogP contribution in [-0.2, 0) is 4.74 Å². The lowest BCUT2D eigenvalue weighted by Crippen LogP contribution is -2.58. The third-order valence-corrected chi connectivity index (χ3v) is 5.26. The Morgan fingerprint density at radius 2 is 1.74 bits per heavy atom. The summed E-state index contributed by atoms with van der Waals surface area (Å²) in [6, 6.07) is 0.361. The first-order valence-electron chi connectivity index (χ1n) is 7.74. The Hall–Kier alpha value is -0.730. The van der Waals surface area contributed by atoms with Crippen LogP contribution in [-0.4, -0.2) is 17.7 Å². The lowest BCUT2D eigenvalue weighted by molar-refractivity contribution is -0.0677. The van der Waals surface area contributed by atoms with Crippen molar-refractivity contribution < 1.29 is 9.53 Å². The second-order valence-electron chi connectivity index (χ2n) is 8.45. The average molecular weight is 265 g/mol. The maximum Gasteiger partial charge on any atom is 0.407 e. The molecule has 0 spiro atoms. The predicted molar refractivity (Wildman–Crippen MR) is 74.8 cm³/mol. The average Bonchev–Trinajstić information content (AvgIpc) is 2.18. The van der Waals surface area contributed by atoms with Crippen LogP contribution in [0.25, 0.3) is 0 Å². The summed E-state index contributed by atoms with van der Waals surface area (Å²) in [6.07, 6.45) is 6.40. The molecule has 0 aromatic heterocycles. The van der Waals surface area contributed by atoms with E-state index in [0.717, 1.165) is 5.92 Å². The summed E-state index contributed by atoms with van der Waals surface area (Å²) in [6.45, 7) is 8.21. The first kappa shape index (κ1) is 13.3. The molecule has 3 nitrogen and oxygen atoms in total. The van der Waals surface area contributed by atoms with E-state index in [1.807, 2.05) is 20.8 Å². The highest BCUT2D eigenvalue weighted by molar-refractivity contribution is 5.68. The van der Waals surface area contributed by atoms with Gasteiger partial charge in [-0.1, -0.05) is 6.92 Å². The second kappa shape index (κ2) is 4.13. The monoisotopic (exact) mass is 265 g/mol. The van der Waals surface area contributed by atoms with E-state index < -0.39 is 5.60 Å². The van der Waals surface area contributed by atoms with Crippen molar-refractivity contribution in [1.29, 1.82) is 0 Å². The van der Waals surface area contributed by atoms with Crippen LogP contribution >= 0.6 is 0 Å². The molecule has 4 bridgehead atoms. The molecule has 1 amide bonds. The van der Waals surface area contributed by atoms with Gasteiger partial charge >= 0.3 is 6.09 Å². The molecule has 0 aliphatic heterocycles. The van der Waals surface area contributed by atoms with Crippen molar-refractivity contribution >= 4 is 6.09 Å². The number of hydrogen-bond donors (Lipinski definition) is 1. The Labute approximate surface area is 116 Å². The van der Waals surface area contributed by atoms with E-state index in [9.17, 15) is 4.79 Å². The lowest BCUT2D eigenvalue weighted by atomic mass is 9.48. The largest absolute Gasteiger partial charge is 0.444 e. The van der Waals surface area contributed by atoms with Gasteiger partial charge < -0.3 is 10.1 Å². The van der Waals surface area contributed by atoms with E-state index in [-0.39, 0.29) is 6.09 Å². The molecular weight excluding hydrogens is 238 g/mol. The van der Waals surface area contributed by atoms with Crippen molar-refractivity contribution in [3.8, 4) is 0 Å². The topological polar surface area (TPSA) is 38.3 Å². The van der Waals surface area contributed by atoms with Gasteiger partial charge in [0.1, 0.15) is 5.60 Å². The Morgan fingerprint density at radius 1 is 1.16 bits per heavy atom. The molecule has 4 rings (SSSR count). The minimum atomic E-state index is -0.401. The summed E-state index contributed by atoms with van der Waals surface area (Å²) in [5, 5.41) is 3.17. The molecule has 0 heterocycles. The van der Waals surface area contributed by atoms with Crippen LogP contribution in [0.4, 0.5) is 4.79 Å². The molecule has 0 aromatic carbocycles. The highest BCUT2D eigenvalue weighted by Crippen LogP contribution is 2.59. The Kier molecular flexibility index (Phi) is 2.88. The molecule has 4 fully saturated rings. The molecule has 19 heavy (non-hydrogen) atoms. The van der Waals surface area contributed by atoms with Crippen LogP contribution in [0.1, 0.15) is 59.8 Å². The Bertz CT molecular complexity index is 369. The van der Waals surface area contributed by atoms with E-state index in [0.29, 0.717) is 23.3 Å². The highest BCUT2D eigenvalue weighted by atomic mass is 16.6. The van der Waals surface area contributed by atoms with E-state index in [1.54, 1.807) is 0 Å². The molecular formula is C16H27NO2. The van der Waals surface area contributed by atoms with Crippen molar-refractivity contribution in [3.63, 3.8) is 0 Å². The fraction of sp³-hybridized carbons (Fsp3) is 0.938. The van der Waals surface area contributed by atoms with Crippen molar-refractivity contribution in [2.24, 2.45) is 23.2 Å². The maximum absolute atomic E-state index is 12.0. The van der Waals surface area contributed by atoms with E-state index in [1.165, 1.54) is 32.1 Å². The van der Waals surface area contributed by atoms with Gasteiger partial charge in [-0.25, -0.2) is 4.79 Å². The van der Waals surface area contributed by atoms with Gasteiger partial charge in [-0.15, -0.1) is 0 Å². The highest BCUT2D eigenvalue weighted by Gasteiger charge is 2.53. The quantitative estimate of drug-likeness (QED) is 0.784. The van der Waals surface area contributed by atoms with Crippen LogP contribution in [0.3, 0.4) is 0 Å². The number of rotatable bonds is 1. The molecule has 0 aromatic rings. The summed E-state index contributed by atoms with van der Waals surface area (Å²) < 4.78 is 5.42. The van der Waals surface area contributed by atoms with Crippen LogP contribution in [0.5, 0.6) is 0 Å². The van der Waals surface area contributed by atoms with E-state index in [2.05, 4.69) is 12.2 Å². The van der Waals surface area contributed by atoms with E-state index >= 15 is 0 Å². The van der Waals surface area contributed by atoms with E-state index in [4.69, 9.17) is 4.74 Å². The smallest absolute Gasteiger partial charge is 0.407 e. The third-order valence-electron chi connectivity index (χ3n) is 5.26.